The first-order valence-electron chi connectivity index (χ1n) is 4.96. The van der Waals surface area contributed by atoms with Crippen molar-refractivity contribution in [3.63, 3.8) is 0 Å². The summed E-state index contributed by atoms with van der Waals surface area (Å²) in [4.78, 5) is 21.3. The van der Waals surface area contributed by atoms with Gasteiger partial charge in [-0.2, -0.15) is 0 Å². The van der Waals surface area contributed by atoms with E-state index in [0.29, 0.717) is 6.42 Å². The van der Waals surface area contributed by atoms with Gasteiger partial charge in [-0.3, -0.25) is 9.59 Å². The van der Waals surface area contributed by atoms with E-state index in [1.54, 1.807) is 6.92 Å². The van der Waals surface area contributed by atoms with Gasteiger partial charge < -0.3 is 11.6 Å². The molecule has 0 rings (SSSR count). The molecule has 0 amide bonds. The van der Waals surface area contributed by atoms with Crippen molar-refractivity contribution < 1.29 is 50.8 Å². The van der Waals surface area contributed by atoms with E-state index in [9.17, 15) is 9.59 Å². The fourth-order valence-corrected chi connectivity index (χ4v) is 1.48. The van der Waals surface area contributed by atoms with Crippen molar-refractivity contribution in [1.29, 1.82) is 0 Å². The van der Waals surface area contributed by atoms with Crippen LogP contribution in [-0.2, 0) is 9.59 Å². The van der Waals surface area contributed by atoms with Gasteiger partial charge in [0, 0.05) is 0 Å². The first kappa shape index (κ1) is 17.3. The van der Waals surface area contributed by atoms with Gasteiger partial charge in [0.05, 0.1) is 0 Å². The maximum Gasteiger partial charge on any atom is 1.00 e. The van der Waals surface area contributed by atoms with Crippen LogP contribution in [0.4, 0.5) is 0 Å². The van der Waals surface area contributed by atoms with Crippen LogP contribution in [0, 0.1) is 11.8 Å². The van der Waals surface area contributed by atoms with Crippen molar-refractivity contribution in [1.82, 2.24) is 0 Å². The monoisotopic (exact) mass is 226 g/mol. The Morgan fingerprint density at radius 1 is 1.20 bits per heavy atom. The molecule has 0 bridgehead atoms. The molecule has 0 aromatic rings. The summed E-state index contributed by atoms with van der Waals surface area (Å²) in [6.45, 7) is 3.74. The molecule has 0 aliphatic heterocycles. The number of unbranched alkanes of at least 4 members (excludes halogenated alkanes) is 2. The van der Waals surface area contributed by atoms with Crippen molar-refractivity contribution in [2.75, 3.05) is 0 Å². The second-order valence-corrected chi connectivity index (χ2v) is 3.63. The average Bonchev–Trinajstić information content (AvgIpc) is 2.03. The number of hydrogen-bond donors (Lipinski definition) is 2. The summed E-state index contributed by atoms with van der Waals surface area (Å²) >= 11 is 0. The minimum absolute atomic E-state index is 0. The molecule has 15 heavy (non-hydrogen) atoms. The molecule has 0 saturated heterocycles. The Balaban J connectivity index is -0.000000845. The number of carboxylic acids is 2. The van der Waals surface area contributed by atoms with Gasteiger partial charge in [0.25, 0.3) is 0 Å². The maximum absolute atomic E-state index is 10.6. The average molecular weight is 226 g/mol. The topological polar surface area (TPSA) is 74.6 Å². The van der Waals surface area contributed by atoms with Crippen LogP contribution in [0.25, 0.3) is 0 Å². The zero-order valence-corrected chi connectivity index (χ0v) is 11.7. The van der Waals surface area contributed by atoms with E-state index < -0.39 is 17.9 Å². The summed E-state index contributed by atoms with van der Waals surface area (Å²) < 4.78 is 0. The van der Waals surface area contributed by atoms with E-state index >= 15 is 0 Å². The van der Waals surface area contributed by atoms with Crippen LogP contribution >= 0.6 is 0 Å². The number of rotatable bonds is 7. The zero-order valence-electron chi connectivity index (χ0n) is 10.7. The molecule has 0 heterocycles. The van der Waals surface area contributed by atoms with Crippen LogP contribution in [0.1, 0.15) is 41.0 Å². The number of aliphatic carboxylic acids is 2. The summed E-state index contributed by atoms with van der Waals surface area (Å²) in [7, 11) is 0. The predicted molar refractivity (Wildman–Crippen MR) is 53.2 cm³/mol. The van der Waals surface area contributed by atoms with E-state index in [2.05, 4.69) is 6.92 Å². The minimum Gasteiger partial charge on any atom is -1.00 e. The van der Waals surface area contributed by atoms with Crippen molar-refractivity contribution in [3.8, 4) is 0 Å². The Kier molecular flexibility index (Phi) is 10.6. The standard InChI is InChI=1S/C10H18O4.Na.H/c1-3-4-5-6-7(2)8(9(11)12)10(13)14;;/h7-8H,3-6H2,1-2H3,(H,11,12)(H,13,14);;/q;+1;-1. The summed E-state index contributed by atoms with van der Waals surface area (Å²) in [5.74, 6) is -4.02. The number of carboxylic acid groups (broad SMARTS) is 2. The molecule has 0 spiro atoms. The van der Waals surface area contributed by atoms with Crippen LogP contribution in [0.5, 0.6) is 0 Å². The molecule has 4 nitrogen and oxygen atoms in total. The van der Waals surface area contributed by atoms with Gasteiger partial charge in [0.1, 0.15) is 0 Å². The maximum atomic E-state index is 10.6. The fraction of sp³-hybridized carbons (Fsp3) is 0.800. The first-order valence-corrected chi connectivity index (χ1v) is 4.96. The molecular formula is C10H19NaO4. The minimum atomic E-state index is -1.26. The van der Waals surface area contributed by atoms with Gasteiger partial charge in [0.2, 0.25) is 0 Å². The van der Waals surface area contributed by atoms with Crippen LogP contribution in [-0.4, -0.2) is 22.2 Å². The van der Waals surface area contributed by atoms with Crippen LogP contribution < -0.4 is 29.6 Å². The molecule has 84 valence electrons. The Hall–Kier alpha value is -0.0600. The Morgan fingerprint density at radius 2 is 1.67 bits per heavy atom. The summed E-state index contributed by atoms with van der Waals surface area (Å²) in [6, 6.07) is 0. The van der Waals surface area contributed by atoms with E-state index in [0.717, 1.165) is 19.3 Å². The van der Waals surface area contributed by atoms with E-state index in [-0.39, 0.29) is 36.9 Å². The largest absolute Gasteiger partial charge is 1.00 e. The Labute approximate surface area is 114 Å². The summed E-state index contributed by atoms with van der Waals surface area (Å²) in [5.41, 5.74) is 0. The van der Waals surface area contributed by atoms with Gasteiger partial charge in [-0.05, 0) is 12.3 Å². The van der Waals surface area contributed by atoms with Gasteiger partial charge in [-0.1, -0.05) is 33.1 Å². The van der Waals surface area contributed by atoms with Crippen LogP contribution in [0.3, 0.4) is 0 Å². The molecule has 0 aromatic carbocycles. The zero-order chi connectivity index (χ0) is 11.1. The van der Waals surface area contributed by atoms with Gasteiger partial charge in [-0.15, -0.1) is 0 Å². The molecule has 0 fully saturated rings. The normalized spacial score (nSPS) is 11.9. The summed E-state index contributed by atoms with van der Waals surface area (Å²) in [5, 5.41) is 17.4. The van der Waals surface area contributed by atoms with Crippen molar-refractivity contribution in [2.45, 2.75) is 39.5 Å². The fourth-order valence-electron chi connectivity index (χ4n) is 1.48. The van der Waals surface area contributed by atoms with Gasteiger partial charge in [-0.25, -0.2) is 0 Å². The van der Waals surface area contributed by atoms with Crippen LogP contribution in [0.15, 0.2) is 0 Å². The molecule has 1 unspecified atom stereocenters. The van der Waals surface area contributed by atoms with E-state index in [4.69, 9.17) is 10.2 Å². The second-order valence-electron chi connectivity index (χ2n) is 3.63. The smallest absolute Gasteiger partial charge is 1.00 e. The molecule has 0 radical (unpaired) electrons. The van der Waals surface area contributed by atoms with Crippen LogP contribution in [0.2, 0.25) is 0 Å². The van der Waals surface area contributed by atoms with Crippen molar-refractivity contribution in [3.05, 3.63) is 0 Å². The predicted octanol–water partition coefficient (Wildman–Crippen LogP) is -0.895. The molecular weight excluding hydrogens is 207 g/mol. The SMILES string of the molecule is CCCCCC(C)C(C(=O)O)C(=O)O.[H-].[Na+]. The number of hydrogen-bond acceptors (Lipinski definition) is 2. The molecule has 0 aliphatic carbocycles. The van der Waals surface area contributed by atoms with Crippen molar-refractivity contribution >= 4 is 11.9 Å². The second kappa shape index (κ2) is 9.19. The van der Waals surface area contributed by atoms with E-state index in [1.165, 1.54) is 0 Å². The quantitative estimate of drug-likeness (QED) is 0.335. The number of carbonyl (C=O) groups is 2. The third-order valence-electron chi connectivity index (χ3n) is 2.36. The first-order chi connectivity index (χ1) is 6.50. The third-order valence-corrected chi connectivity index (χ3v) is 2.36. The Morgan fingerprint density at radius 3 is 2.00 bits per heavy atom. The molecule has 0 aromatic heterocycles. The molecule has 0 saturated carbocycles. The van der Waals surface area contributed by atoms with Gasteiger partial charge >= 0.3 is 41.5 Å². The molecule has 5 heteroatoms. The Bertz CT molecular complexity index is 197. The van der Waals surface area contributed by atoms with Gasteiger partial charge in [0.15, 0.2) is 5.92 Å². The molecule has 0 aliphatic rings. The molecule has 1 atom stereocenters. The van der Waals surface area contributed by atoms with Crippen molar-refractivity contribution in [2.24, 2.45) is 11.8 Å². The molecule has 2 N–H and O–H groups in total. The van der Waals surface area contributed by atoms with E-state index in [1.807, 2.05) is 0 Å². The third kappa shape index (κ3) is 6.93. The summed E-state index contributed by atoms with van der Waals surface area (Å²) in [6.07, 6.45) is 3.64.